The van der Waals surface area contributed by atoms with Crippen molar-refractivity contribution in [1.29, 1.82) is 0 Å². The molecule has 0 aliphatic rings. The van der Waals surface area contributed by atoms with E-state index in [9.17, 15) is 0 Å². The number of hydrogen-bond donors (Lipinski definition) is 0. The van der Waals surface area contributed by atoms with E-state index in [1.165, 1.54) is 0 Å². The zero-order valence-corrected chi connectivity index (χ0v) is 7.40. The van der Waals surface area contributed by atoms with Crippen LogP contribution in [0.25, 0.3) is 11.0 Å². The van der Waals surface area contributed by atoms with E-state index in [1.54, 1.807) is 0 Å². The summed E-state index contributed by atoms with van der Waals surface area (Å²) in [6.45, 7) is 3.79. The molecule has 0 saturated carbocycles. The molecule has 0 amide bonds. The van der Waals surface area contributed by atoms with Crippen molar-refractivity contribution in [2.45, 2.75) is 12.8 Å². The standard InChI is InChI=1S/C11H11N2/c1-2-5-9-8-12-10-6-3-4-7-11(10)13-9/h3-4,6-8H,1-2,5H2. The van der Waals surface area contributed by atoms with Crippen molar-refractivity contribution in [2.75, 3.05) is 0 Å². The fourth-order valence-corrected chi connectivity index (χ4v) is 1.30. The van der Waals surface area contributed by atoms with Crippen molar-refractivity contribution in [3.05, 3.63) is 43.1 Å². The predicted octanol–water partition coefficient (Wildman–Crippen LogP) is 2.40. The van der Waals surface area contributed by atoms with Gasteiger partial charge in [-0.15, -0.1) is 0 Å². The Labute approximate surface area is 77.6 Å². The lowest BCUT2D eigenvalue weighted by Crippen LogP contribution is -1.91. The third kappa shape index (κ3) is 1.66. The van der Waals surface area contributed by atoms with Gasteiger partial charge in [-0.1, -0.05) is 19.1 Å². The number of benzene rings is 1. The number of nitrogens with zero attached hydrogens (tertiary/aromatic N) is 2. The second-order valence-corrected chi connectivity index (χ2v) is 2.95. The summed E-state index contributed by atoms with van der Waals surface area (Å²) in [4.78, 5) is 8.77. The molecule has 0 saturated heterocycles. The van der Waals surface area contributed by atoms with E-state index in [2.05, 4.69) is 16.9 Å². The van der Waals surface area contributed by atoms with Crippen molar-refractivity contribution in [3.8, 4) is 0 Å². The molecule has 1 aromatic carbocycles. The maximum absolute atomic E-state index is 4.46. The summed E-state index contributed by atoms with van der Waals surface area (Å²) in [5.74, 6) is 0. The van der Waals surface area contributed by atoms with Gasteiger partial charge >= 0.3 is 0 Å². The van der Waals surface area contributed by atoms with E-state index in [4.69, 9.17) is 0 Å². The minimum absolute atomic E-state index is 0.868. The minimum Gasteiger partial charge on any atom is -0.253 e. The largest absolute Gasteiger partial charge is 0.253 e. The van der Waals surface area contributed by atoms with Gasteiger partial charge in [0.05, 0.1) is 16.7 Å². The Morgan fingerprint density at radius 1 is 1.15 bits per heavy atom. The zero-order chi connectivity index (χ0) is 9.10. The van der Waals surface area contributed by atoms with Crippen LogP contribution in [0.4, 0.5) is 0 Å². The fraction of sp³-hybridized carbons (Fsp3) is 0.182. The molecular weight excluding hydrogens is 160 g/mol. The summed E-state index contributed by atoms with van der Waals surface area (Å²) < 4.78 is 0. The van der Waals surface area contributed by atoms with Gasteiger partial charge in [-0.05, 0) is 25.0 Å². The molecule has 1 radical (unpaired) electrons. The van der Waals surface area contributed by atoms with Crippen molar-refractivity contribution >= 4 is 11.0 Å². The number of rotatable bonds is 2. The first-order valence-electron chi connectivity index (χ1n) is 4.40. The van der Waals surface area contributed by atoms with Crippen LogP contribution in [-0.2, 0) is 6.42 Å². The highest BCUT2D eigenvalue weighted by atomic mass is 14.8. The lowest BCUT2D eigenvalue weighted by molar-refractivity contribution is 0.940. The van der Waals surface area contributed by atoms with Crippen LogP contribution < -0.4 is 0 Å². The van der Waals surface area contributed by atoms with Crippen LogP contribution in [-0.4, -0.2) is 9.97 Å². The molecule has 0 N–H and O–H groups in total. The first-order valence-corrected chi connectivity index (χ1v) is 4.40. The van der Waals surface area contributed by atoms with Crippen LogP contribution in [0.5, 0.6) is 0 Å². The molecule has 0 aliphatic heterocycles. The number of para-hydroxylation sites is 2. The van der Waals surface area contributed by atoms with Crippen molar-refractivity contribution in [1.82, 2.24) is 9.97 Å². The van der Waals surface area contributed by atoms with E-state index in [-0.39, 0.29) is 0 Å². The Morgan fingerprint density at radius 3 is 2.69 bits per heavy atom. The molecule has 0 fully saturated rings. The van der Waals surface area contributed by atoms with Crippen LogP contribution in [0.3, 0.4) is 0 Å². The van der Waals surface area contributed by atoms with Crippen LogP contribution in [0, 0.1) is 6.92 Å². The van der Waals surface area contributed by atoms with Crippen molar-refractivity contribution in [3.63, 3.8) is 0 Å². The monoisotopic (exact) mass is 171 g/mol. The summed E-state index contributed by atoms with van der Waals surface area (Å²) in [6.07, 6.45) is 3.60. The molecular formula is C11H11N2. The van der Waals surface area contributed by atoms with Crippen molar-refractivity contribution in [2.24, 2.45) is 0 Å². The second-order valence-electron chi connectivity index (χ2n) is 2.95. The first kappa shape index (κ1) is 8.17. The molecule has 65 valence electrons. The van der Waals surface area contributed by atoms with Crippen LogP contribution >= 0.6 is 0 Å². The van der Waals surface area contributed by atoms with E-state index >= 15 is 0 Å². The van der Waals surface area contributed by atoms with Gasteiger partial charge in [0.2, 0.25) is 0 Å². The van der Waals surface area contributed by atoms with Gasteiger partial charge in [0.15, 0.2) is 0 Å². The van der Waals surface area contributed by atoms with E-state index in [0.29, 0.717) is 0 Å². The zero-order valence-electron chi connectivity index (χ0n) is 7.40. The smallest absolute Gasteiger partial charge is 0.0890 e. The van der Waals surface area contributed by atoms with Gasteiger partial charge in [-0.25, -0.2) is 4.98 Å². The highest BCUT2D eigenvalue weighted by molar-refractivity contribution is 5.73. The minimum atomic E-state index is 0.868. The number of aromatic nitrogens is 2. The summed E-state index contributed by atoms with van der Waals surface area (Å²) in [5, 5.41) is 0. The third-order valence-electron chi connectivity index (χ3n) is 1.93. The normalized spacial score (nSPS) is 10.5. The van der Waals surface area contributed by atoms with Gasteiger partial charge in [0, 0.05) is 6.20 Å². The molecule has 2 aromatic rings. The second kappa shape index (κ2) is 3.52. The Morgan fingerprint density at radius 2 is 1.92 bits per heavy atom. The topological polar surface area (TPSA) is 25.8 Å². The number of fused-ring (bicyclic) bond motifs is 1. The molecule has 0 atom stereocenters. The molecule has 0 bridgehead atoms. The van der Waals surface area contributed by atoms with Gasteiger partial charge in [0.1, 0.15) is 0 Å². The molecule has 1 aromatic heterocycles. The lowest BCUT2D eigenvalue weighted by atomic mass is 10.2. The Balaban J connectivity index is 2.49. The highest BCUT2D eigenvalue weighted by Crippen LogP contribution is 2.08. The maximum Gasteiger partial charge on any atom is 0.0890 e. The first-order chi connectivity index (χ1) is 6.40. The van der Waals surface area contributed by atoms with Gasteiger partial charge in [-0.2, -0.15) is 0 Å². The molecule has 13 heavy (non-hydrogen) atoms. The van der Waals surface area contributed by atoms with Crippen LogP contribution in [0.2, 0.25) is 0 Å². The van der Waals surface area contributed by atoms with Crippen LogP contribution in [0.1, 0.15) is 12.1 Å². The number of aryl methyl sites for hydroxylation is 1. The molecule has 1 heterocycles. The SMILES string of the molecule is [CH2]CCc1cnc2ccccc2n1. The molecule has 0 unspecified atom stereocenters. The summed E-state index contributed by atoms with van der Waals surface area (Å²) >= 11 is 0. The summed E-state index contributed by atoms with van der Waals surface area (Å²) in [7, 11) is 0. The van der Waals surface area contributed by atoms with E-state index in [0.717, 1.165) is 29.6 Å². The van der Waals surface area contributed by atoms with E-state index in [1.807, 2.05) is 30.5 Å². The molecule has 2 heteroatoms. The quantitative estimate of drug-likeness (QED) is 0.693. The highest BCUT2D eigenvalue weighted by Gasteiger charge is 1.96. The fourth-order valence-electron chi connectivity index (χ4n) is 1.30. The molecule has 2 nitrogen and oxygen atoms in total. The Bertz CT molecular complexity index is 410. The Hall–Kier alpha value is -1.44. The third-order valence-corrected chi connectivity index (χ3v) is 1.93. The summed E-state index contributed by atoms with van der Waals surface area (Å²) in [6, 6.07) is 7.90. The van der Waals surface area contributed by atoms with Gasteiger partial charge < -0.3 is 0 Å². The average molecular weight is 171 g/mol. The van der Waals surface area contributed by atoms with Crippen molar-refractivity contribution < 1.29 is 0 Å². The lowest BCUT2D eigenvalue weighted by Gasteiger charge is -1.99. The predicted molar refractivity (Wildman–Crippen MR) is 53.2 cm³/mol. The van der Waals surface area contributed by atoms with Gasteiger partial charge in [-0.3, -0.25) is 4.98 Å². The van der Waals surface area contributed by atoms with Gasteiger partial charge in [0.25, 0.3) is 0 Å². The van der Waals surface area contributed by atoms with Crippen LogP contribution in [0.15, 0.2) is 30.5 Å². The Kier molecular flexibility index (Phi) is 2.21. The maximum atomic E-state index is 4.46. The molecule has 0 aliphatic carbocycles. The molecule has 2 rings (SSSR count). The average Bonchev–Trinajstić information content (AvgIpc) is 2.18. The number of hydrogen-bond acceptors (Lipinski definition) is 2. The van der Waals surface area contributed by atoms with E-state index < -0.39 is 0 Å². The molecule has 0 spiro atoms. The summed E-state index contributed by atoms with van der Waals surface area (Å²) in [5.41, 5.74) is 2.94.